The highest BCUT2D eigenvalue weighted by Crippen LogP contribution is 2.30. The lowest BCUT2D eigenvalue weighted by atomic mass is 9.91. The van der Waals surface area contributed by atoms with Crippen molar-refractivity contribution in [2.24, 2.45) is 11.5 Å². The third-order valence-corrected chi connectivity index (χ3v) is 5.00. The van der Waals surface area contributed by atoms with Crippen LogP contribution >= 0.6 is 0 Å². The maximum Gasteiger partial charge on any atom is 0.252 e. The van der Waals surface area contributed by atoms with Crippen LogP contribution in [0, 0.1) is 5.82 Å². The van der Waals surface area contributed by atoms with Gasteiger partial charge in [0.25, 0.3) is 5.91 Å². The van der Waals surface area contributed by atoms with Crippen LogP contribution in [0.3, 0.4) is 0 Å². The first-order valence-corrected chi connectivity index (χ1v) is 9.43. The lowest BCUT2D eigenvalue weighted by Crippen LogP contribution is -2.43. The van der Waals surface area contributed by atoms with Gasteiger partial charge in [-0.05, 0) is 18.9 Å². The molecular weight excluding hydrogens is 377 g/mol. The zero-order chi connectivity index (χ0) is 21.0. The van der Waals surface area contributed by atoms with Crippen molar-refractivity contribution < 1.29 is 18.7 Å². The molecule has 1 aliphatic rings. The van der Waals surface area contributed by atoms with E-state index in [4.69, 9.17) is 20.9 Å². The second-order valence-corrected chi connectivity index (χ2v) is 7.00. The fourth-order valence-corrected chi connectivity index (χ4v) is 3.40. The standard InChI is InChI=1S/C20H26FN5O3/c1-28-12-7-11(8-13(9-12)29-2)24-19-14(18(23)27)10-15(21)20(26-19)25-17-6-4-3-5-16(17)22/h7-10,16-17H,3-6,22H2,1-2H3,(H2,23,27)(H2,24,25,26)/t16-,17?/m1/s1. The number of ether oxygens (including phenoxy) is 2. The Morgan fingerprint density at radius 3 is 2.34 bits per heavy atom. The molecule has 156 valence electrons. The molecule has 1 aromatic heterocycles. The van der Waals surface area contributed by atoms with E-state index in [0.29, 0.717) is 17.2 Å². The van der Waals surface area contributed by atoms with E-state index in [0.717, 1.165) is 31.7 Å². The molecule has 1 amide bonds. The number of nitrogens with one attached hydrogen (secondary N) is 2. The first-order chi connectivity index (χ1) is 13.9. The molecule has 1 aliphatic carbocycles. The number of carbonyl (C=O) groups is 1. The summed E-state index contributed by atoms with van der Waals surface area (Å²) in [6.07, 6.45) is 3.77. The van der Waals surface area contributed by atoms with Gasteiger partial charge < -0.3 is 31.6 Å². The number of carbonyl (C=O) groups excluding carboxylic acids is 1. The van der Waals surface area contributed by atoms with Crippen molar-refractivity contribution >= 4 is 23.2 Å². The van der Waals surface area contributed by atoms with Gasteiger partial charge in [0.15, 0.2) is 11.6 Å². The van der Waals surface area contributed by atoms with Gasteiger partial charge in [-0.1, -0.05) is 12.8 Å². The highest BCUT2D eigenvalue weighted by Gasteiger charge is 2.24. The molecule has 9 heteroatoms. The Balaban J connectivity index is 1.95. The zero-order valence-corrected chi connectivity index (χ0v) is 16.5. The molecule has 2 aromatic rings. The van der Waals surface area contributed by atoms with Crippen molar-refractivity contribution in [3.63, 3.8) is 0 Å². The van der Waals surface area contributed by atoms with Gasteiger partial charge in [0.1, 0.15) is 17.3 Å². The molecule has 29 heavy (non-hydrogen) atoms. The zero-order valence-electron chi connectivity index (χ0n) is 16.5. The Kier molecular flexibility index (Phi) is 6.38. The average Bonchev–Trinajstić information content (AvgIpc) is 2.71. The molecule has 1 fully saturated rings. The number of amides is 1. The van der Waals surface area contributed by atoms with Gasteiger partial charge >= 0.3 is 0 Å². The van der Waals surface area contributed by atoms with Crippen molar-refractivity contribution in [2.75, 3.05) is 24.9 Å². The molecular formula is C20H26FN5O3. The number of hydrogen-bond donors (Lipinski definition) is 4. The van der Waals surface area contributed by atoms with E-state index < -0.39 is 11.7 Å². The Morgan fingerprint density at radius 1 is 1.10 bits per heavy atom. The molecule has 0 spiro atoms. The minimum Gasteiger partial charge on any atom is -0.497 e. The summed E-state index contributed by atoms with van der Waals surface area (Å²) in [5, 5.41) is 6.09. The molecule has 1 heterocycles. The van der Waals surface area contributed by atoms with Gasteiger partial charge in [-0.2, -0.15) is 0 Å². The summed E-state index contributed by atoms with van der Waals surface area (Å²) in [6, 6.07) is 6.00. The van der Waals surface area contributed by atoms with Crippen LogP contribution in [0.15, 0.2) is 24.3 Å². The molecule has 8 nitrogen and oxygen atoms in total. The van der Waals surface area contributed by atoms with E-state index in [1.807, 2.05) is 0 Å². The van der Waals surface area contributed by atoms with Crippen molar-refractivity contribution in [1.82, 2.24) is 4.98 Å². The van der Waals surface area contributed by atoms with Crippen LogP contribution < -0.4 is 31.6 Å². The lowest BCUT2D eigenvalue weighted by molar-refractivity contribution is 0.100. The predicted molar refractivity (Wildman–Crippen MR) is 109 cm³/mol. The minimum atomic E-state index is -0.797. The number of halogens is 1. The number of anilines is 3. The second-order valence-electron chi connectivity index (χ2n) is 7.00. The third kappa shape index (κ3) is 4.86. The molecule has 3 rings (SSSR count). The number of rotatable bonds is 7. The van der Waals surface area contributed by atoms with Crippen LogP contribution in [0.1, 0.15) is 36.0 Å². The number of primary amides is 1. The van der Waals surface area contributed by atoms with E-state index in [1.54, 1.807) is 18.2 Å². The van der Waals surface area contributed by atoms with Crippen LogP contribution in [-0.4, -0.2) is 37.2 Å². The first kappa shape index (κ1) is 20.7. The van der Waals surface area contributed by atoms with Crippen molar-refractivity contribution in [3.8, 4) is 11.5 Å². The molecule has 0 aliphatic heterocycles. The maximum atomic E-state index is 14.6. The van der Waals surface area contributed by atoms with Crippen LogP contribution in [0.4, 0.5) is 21.7 Å². The number of methoxy groups -OCH3 is 2. The largest absolute Gasteiger partial charge is 0.497 e. The maximum absolute atomic E-state index is 14.6. The predicted octanol–water partition coefficient (Wildman–Crippen LogP) is 2.76. The summed E-state index contributed by atoms with van der Waals surface area (Å²) in [5.74, 6) is -0.224. The number of nitrogens with two attached hydrogens (primary N) is 2. The van der Waals surface area contributed by atoms with Gasteiger partial charge in [0, 0.05) is 36.0 Å². The minimum absolute atomic E-state index is 0.0229. The molecule has 1 unspecified atom stereocenters. The lowest BCUT2D eigenvalue weighted by Gasteiger charge is -2.30. The van der Waals surface area contributed by atoms with Gasteiger partial charge in [-0.3, -0.25) is 4.79 Å². The molecule has 6 N–H and O–H groups in total. The molecule has 1 saturated carbocycles. The van der Waals surface area contributed by atoms with E-state index in [1.165, 1.54) is 14.2 Å². The molecule has 2 atom stereocenters. The van der Waals surface area contributed by atoms with Gasteiger partial charge in [-0.15, -0.1) is 0 Å². The number of benzene rings is 1. The van der Waals surface area contributed by atoms with E-state index >= 15 is 0 Å². The summed E-state index contributed by atoms with van der Waals surface area (Å²) >= 11 is 0. The number of hydrogen-bond acceptors (Lipinski definition) is 7. The Labute approximate surface area is 168 Å². The topological polar surface area (TPSA) is 125 Å². The molecule has 1 aromatic carbocycles. The van der Waals surface area contributed by atoms with Gasteiger partial charge in [-0.25, -0.2) is 9.37 Å². The van der Waals surface area contributed by atoms with Crippen LogP contribution in [0.5, 0.6) is 11.5 Å². The SMILES string of the molecule is COc1cc(Nc2nc(NC3CCCC[C@H]3N)c(F)cc2C(N)=O)cc(OC)c1. The summed E-state index contributed by atoms with van der Waals surface area (Å²) in [4.78, 5) is 16.1. The molecule has 0 saturated heterocycles. The Hall–Kier alpha value is -3.07. The quantitative estimate of drug-likeness (QED) is 0.560. The van der Waals surface area contributed by atoms with Crippen LogP contribution in [0.2, 0.25) is 0 Å². The molecule has 0 bridgehead atoms. The van der Waals surface area contributed by atoms with Crippen molar-refractivity contribution in [2.45, 2.75) is 37.8 Å². The first-order valence-electron chi connectivity index (χ1n) is 9.43. The third-order valence-electron chi connectivity index (χ3n) is 5.00. The van der Waals surface area contributed by atoms with Crippen molar-refractivity contribution in [3.05, 3.63) is 35.6 Å². The van der Waals surface area contributed by atoms with E-state index in [2.05, 4.69) is 15.6 Å². The van der Waals surface area contributed by atoms with Gasteiger partial charge in [0.2, 0.25) is 0 Å². The van der Waals surface area contributed by atoms with Crippen molar-refractivity contribution in [1.29, 1.82) is 0 Å². The number of nitrogens with zero attached hydrogens (tertiary/aromatic N) is 1. The van der Waals surface area contributed by atoms with Gasteiger partial charge in [0.05, 0.1) is 19.8 Å². The number of pyridine rings is 1. The smallest absolute Gasteiger partial charge is 0.252 e. The second kappa shape index (κ2) is 8.95. The Bertz CT molecular complexity index is 870. The summed E-state index contributed by atoms with van der Waals surface area (Å²) in [7, 11) is 3.05. The highest BCUT2D eigenvalue weighted by molar-refractivity contribution is 5.98. The monoisotopic (exact) mass is 403 g/mol. The van der Waals surface area contributed by atoms with E-state index in [9.17, 15) is 9.18 Å². The fraction of sp³-hybridized carbons (Fsp3) is 0.400. The summed E-state index contributed by atoms with van der Waals surface area (Å²) < 4.78 is 25.1. The average molecular weight is 403 g/mol. The number of aromatic nitrogens is 1. The summed E-state index contributed by atoms with van der Waals surface area (Å²) in [5.41, 5.74) is 12.1. The highest BCUT2D eigenvalue weighted by atomic mass is 19.1. The van der Waals surface area contributed by atoms with Crippen LogP contribution in [0.25, 0.3) is 0 Å². The molecule has 0 radical (unpaired) electrons. The normalized spacial score (nSPS) is 18.8. The van der Waals surface area contributed by atoms with Crippen LogP contribution in [-0.2, 0) is 0 Å². The Morgan fingerprint density at radius 2 is 1.76 bits per heavy atom. The van der Waals surface area contributed by atoms with E-state index in [-0.39, 0.29) is 29.3 Å². The summed E-state index contributed by atoms with van der Waals surface area (Å²) in [6.45, 7) is 0. The fourth-order valence-electron chi connectivity index (χ4n) is 3.40.